The van der Waals surface area contributed by atoms with E-state index in [9.17, 15) is 13.5 Å². The van der Waals surface area contributed by atoms with Crippen LogP contribution in [0.4, 0.5) is 5.69 Å². The summed E-state index contributed by atoms with van der Waals surface area (Å²) in [5, 5.41) is 14.2. The lowest BCUT2D eigenvalue weighted by Gasteiger charge is -2.27. The van der Waals surface area contributed by atoms with Crippen LogP contribution >= 0.6 is 0 Å². The van der Waals surface area contributed by atoms with Crippen molar-refractivity contribution in [3.63, 3.8) is 0 Å². The molecule has 6 heteroatoms. The van der Waals surface area contributed by atoms with Gasteiger partial charge in [0.05, 0.1) is 4.90 Å². The summed E-state index contributed by atoms with van der Waals surface area (Å²) in [5.74, 6) is 0. The Morgan fingerprint density at radius 1 is 1.09 bits per heavy atom. The molecule has 1 saturated heterocycles. The van der Waals surface area contributed by atoms with E-state index in [2.05, 4.69) is 5.32 Å². The van der Waals surface area contributed by atoms with Gasteiger partial charge in [0.1, 0.15) is 11.8 Å². The molecule has 0 spiro atoms. The molecule has 0 aliphatic carbocycles. The van der Waals surface area contributed by atoms with Gasteiger partial charge in [-0.15, -0.1) is 0 Å². The van der Waals surface area contributed by atoms with Gasteiger partial charge in [-0.25, -0.2) is 8.42 Å². The number of hydrogen-bond donors (Lipinski definition) is 2. The minimum absolute atomic E-state index is 0.247. The van der Waals surface area contributed by atoms with E-state index in [1.165, 1.54) is 4.31 Å². The third-order valence-corrected chi connectivity index (χ3v) is 6.37. The van der Waals surface area contributed by atoms with Crippen molar-refractivity contribution in [2.24, 2.45) is 0 Å². The predicted octanol–water partition coefficient (Wildman–Crippen LogP) is 1.72. The van der Waals surface area contributed by atoms with E-state index in [0.717, 1.165) is 11.3 Å². The first kappa shape index (κ1) is 13.8. The SMILES string of the molecule is O=S(=O)(c1ccccc1)N1CC[C@@]2(O)c3ccccc3N[C@@H]12. The summed E-state index contributed by atoms with van der Waals surface area (Å²) in [6, 6.07) is 15.8. The minimum Gasteiger partial charge on any atom is -0.381 e. The molecule has 22 heavy (non-hydrogen) atoms. The molecule has 0 bridgehead atoms. The number of rotatable bonds is 2. The maximum Gasteiger partial charge on any atom is 0.244 e. The molecule has 2 aromatic rings. The molecule has 0 unspecified atom stereocenters. The molecular formula is C16H16N2O3S. The van der Waals surface area contributed by atoms with Crippen molar-refractivity contribution in [1.82, 2.24) is 4.31 Å². The molecule has 2 heterocycles. The maximum atomic E-state index is 12.8. The van der Waals surface area contributed by atoms with Crippen molar-refractivity contribution in [3.05, 3.63) is 60.2 Å². The summed E-state index contributed by atoms with van der Waals surface area (Å²) in [7, 11) is -3.64. The molecule has 5 nitrogen and oxygen atoms in total. The molecule has 0 aromatic heterocycles. The van der Waals surface area contributed by atoms with E-state index in [0.29, 0.717) is 13.0 Å². The first-order valence-corrected chi connectivity index (χ1v) is 8.63. The van der Waals surface area contributed by atoms with Gasteiger partial charge in [0, 0.05) is 17.8 Å². The van der Waals surface area contributed by atoms with Gasteiger partial charge in [-0.1, -0.05) is 36.4 Å². The van der Waals surface area contributed by atoms with Crippen LogP contribution in [-0.2, 0) is 15.6 Å². The monoisotopic (exact) mass is 316 g/mol. The topological polar surface area (TPSA) is 69.6 Å². The fourth-order valence-electron chi connectivity index (χ4n) is 3.38. The average Bonchev–Trinajstić information content (AvgIpc) is 3.00. The van der Waals surface area contributed by atoms with Crippen molar-refractivity contribution in [2.45, 2.75) is 23.1 Å². The minimum atomic E-state index is -3.64. The molecule has 0 saturated carbocycles. The quantitative estimate of drug-likeness (QED) is 0.885. The van der Waals surface area contributed by atoms with Gasteiger partial charge in [0.2, 0.25) is 10.0 Å². The van der Waals surface area contributed by atoms with Crippen molar-refractivity contribution in [2.75, 3.05) is 11.9 Å². The summed E-state index contributed by atoms with van der Waals surface area (Å²) in [4.78, 5) is 0.247. The number of nitrogens with one attached hydrogen (secondary N) is 1. The lowest BCUT2D eigenvalue weighted by molar-refractivity contribution is 0.0313. The largest absolute Gasteiger partial charge is 0.381 e. The standard InChI is InChI=1S/C16H16N2O3S/c19-16-10-11-18(22(20,21)12-6-2-1-3-7-12)15(16)17-14-9-5-4-8-13(14)16/h1-9,15,17,19H,10-11H2/t15-,16+/m0/s1. The fraction of sp³-hybridized carbons (Fsp3) is 0.250. The summed E-state index contributed by atoms with van der Waals surface area (Å²) < 4.78 is 27.1. The van der Waals surface area contributed by atoms with Crippen molar-refractivity contribution in [3.8, 4) is 0 Å². The Balaban J connectivity index is 1.76. The summed E-state index contributed by atoms with van der Waals surface area (Å²) >= 11 is 0. The van der Waals surface area contributed by atoms with Crippen LogP contribution < -0.4 is 5.32 Å². The first-order chi connectivity index (χ1) is 10.5. The Bertz CT molecular complexity index is 822. The third-order valence-electron chi connectivity index (χ3n) is 4.49. The van der Waals surface area contributed by atoms with Crippen LogP contribution in [0.25, 0.3) is 0 Å². The van der Waals surface area contributed by atoms with Gasteiger partial charge in [0.15, 0.2) is 0 Å². The van der Waals surface area contributed by atoms with Crippen LogP contribution in [0.15, 0.2) is 59.5 Å². The van der Waals surface area contributed by atoms with Crippen LogP contribution in [0.3, 0.4) is 0 Å². The van der Waals surface area contributed by atoms with Crippen LogP contribution in [0, 0.1) is 0 Å². The maximum absolute atomic E-state index is 12.8. The smallest absolute Gasteiger partial charge is 0.244 e. The van der Waals surface area contributed by atoms with Crippen LogP contribution in [0.2, 0.25) is 0 Å². The molecular weight excluding hydrogens is 300 g/mol. The molecule has 4 rings (SSSR count). The highest BCUT2D eigenvalue weighted by atomic mass is 32.2. The van der Waals surface area contributed by atoms with Gasteiger partial charge in [-0.05, 0) is 24.6 Å². The van der Waals surface area contributed by atoms with Crippen molar-refractivity contribution in [1.29, 1.82) is 0 Å². The summed E-state index contributed by atoms with van der Waals surface area (Å²) in [6.07, 6.45) is -0.275. The Kier molecular flexibility index (Phi) is 2.84. The highest BCUT2D eigenvalue weighted by molar-refractivity contribution is 7.89. The second-order valence-electron chi connectivity index (χ2n) is 5.70. The Morgan fingerprint density at radius 2 is 1.77 bits per heavy atom. The summed E-state index contributed by atoms with van der Waals surface area (Å²) in [5.41, 5.74) is 0.395. The Hall–Kier alpha value is -1.89. The second-order valence-corrected chi connectivity index (χ2v) is 7.59. The Morgan fingerprint density at radius 3 is 2.55 bits per heavy atom. The predicted molar refractivity (Wildman–Crippen MR) is 82.7 cm³/mol. The molecule has 2 N–H and O–H groups in total. The van der Waals surface area contributed by atoms with Crippen LogP contribution in [0.5, 0.6) is 0 Å². The highest BCUT2D eigenvalue weighted by Crippen LogP contribution is 2.48. The molecule has 1 fully saturated rings. The molecule has 2 atom stereocenters. The number of hydrogen-bond acceptors (Lipinski definition) is 4. The highest BCUT2D eigenvalue weighted by Gasteiger charge is 2.56. The van der Waals surface area contributed by atoms with Gasteiger partial charge < -0.3 is 10.4 Å². The number of anilines is 1. The van der Waals surface area contributed by atoms with E-state index >= 15 is 0 Å². The summed E-state index contributed by atoms with van der Waals surface area (Å²) in [6.45, 7) is 0.291. The zero-order chi connectivity index (χ0) is 15.4. The van der Waals surface area contributed by atoms with E-state index in [-0.39, 0.29) is 4.90 Å². The van der Waals surface area contributed by atoms with Gasteiger partial charge in [-0.2, -0.15) is 4.31 Å². The lowest BCUT2D eigenvalue weighted by atomic mass is 9.93. The van der Waals surface area contributed by atoms with E-state index < -0.39 is 21.8 Å². The van der Waals surface area contributed by atoms with E-state index in [1.807, 2.05) is 24.3 Å². The molecule has 0 radical (unpaired) electrons. The number of aliphatic hydroxyl groups is 1. The number of fused-ring (bicyclic) bond motifs is 3. The van der Waals surface area contributed by atoms with Crippen molar-refractivity contribution >= 4 is 15.7 Å². The zero-order valence-corrected chi connectivity index (χ0v) is 12.6. The molecule has 2 aliphatic heterocycles. The van der Waals surface area contributed by atoms with E-state index in [4.69, 9.17) is 0 Å². The number of benzene rings is 2. The Labute approximate surface area is 129 Å². The number of para-hydroxylation sites is 1. The van der Waals surface area contributed by atoms with Crippen LogP contribution in [-0.4, -0.2) is 30.5 Å². The first-order valence-electron chi connectivity index (χ1n) is 7.19. The third kappa shape index (κ3) is 1.75. The van der Waals surface area contributed by atoms with E-state index in [1.54, 1.807) is 30.3 Å². The zero-order valence-electron chi connectivity index (χ0n) is 11.8. The average molecular weight is 316 g/mol. The molecule has 2 aliphatic rings. The fourth-order valence-corrected chi connectivity index (χ4v) is 4.99. The van der Waals surface area contributed by atoms with Crippen molar-refractivity contribution < 1.29 is 13.5 Å². The molecule has 114 valence electrons. The molecule has 0 amide bonds. The van der Waals surface area contributed by atoms with Gasteiger partial charge >= 0.3 is 0 Å². The van der Waals surface area contributed by atoms with Crippen LogP contribution in [0.1, 0.15) is 12.0 Å². The normalized spacial score (nSPS) is 27.2. The lowest BCUT2D eigenvalue weighted by Crippen LogP contribution is -2.46. The van der Waals surface area contributed by atoms with Gasteiger partial charge in [-0.3, -0.25) is 0 Å². The van der Waals surface area contributed by atoms with Gasteiger partial charge in [0.25, 0.3) is 0 Å². The number of nitrogens with zero attached hydrogens (tertiary/aromatic N) is 1. The number of sulfonamides is 1. The second kappa shape index (κ2) is 4.55. The molecule has 2 aromatic carbocycles.